The van der Waals surface area contributed by atoms with E-state index in [0.717, 1.165) is 12.8 Å². The van der Waals surface area contributed by atoms with E-state index in [2.05, 4.69) is 21.7 Å². The normalized spacial score (nSPS) is 16.5. The fourth-order valence-electron chi connectivity index (χ4n) is 2.74. The summed E-state index contributed by atoms with van der Waals surface area (Å²) in [5.74, 6) is 0.738. The molecule has 1 atom stereocenters. The topological polar surface area (TPSA) is 87.0 Å². The lowest BCUT2D eigenvalue weighted by molar-refractivity contribution is -0.127. The number of carbonyl (C=O) groups is 1. The van der Waals surface area contributed by atoms with Crippen molar-refractivity contribution in [3.63, 3.8) is 0 Å². The average molecular weight is 302 g/mol. The zero-order valence-corrected chi connectivity index (χ0v) is 12.8. The van der Waals surface area contributed by atoms with E-state index in [9.17, 15) is 4.79 Å². The summed E-state index contributed by atoms with van der Waals surface area (Å²) in [7, 11) is 0. The largest absolute Gasteiger partial charge is 0.381 e. The molecule has 1 aromatic heterocycles. The number of hydrogen-bond acceptors (Lipinski definition) is 5. The quantitative estimate of drug-likeness (QED) is 0.832. The monoisotopic (exact) mass is 302 g/mol. The first-order valence-corrected chi connectivity index (χ1v) is 7.70. The van der Waals surface area contributed by atoms with E-state index in [1.807, 2.05) is 6.92 Å². The molecule has 6 heteroatoms. The Labute approximate surface area is 130 Å². The van der Waals surface area contributed by atoms with Gasteiger partial charge in [0.2, 0.25) is 5.91 Å². The van der Waals surface area contributed by atoms with Crippen LogP contribution >= 0.6 is 0 Å². The van der Waals surface area contributed by atoms with Gasteiger partial charge in [0.15, 0.2) is 0 Å². The number of aromatic nitrogens is 1. The highest BCUT2D eigenvalue weighted by molar-refractivity contribution is 5.79. The first-order chi connectivity index (χ1) is 10.8. The van der Waals surface area contributed by atoms with Gasteiger partial charge >= 0.3 is 0 Å². The number of pyridine rings is 1. The van der Waals surface area contributed by atoms with Gasteiger partial charge in [-0.2, -0.15) is 5.26 Å². The summed E-state index contributed by atoms with van der Waals surface area (Å²) in [6.45, 7) is 4.41. The van der Waals surface area contributed by atoms with Crippen LogP contribution in [0.15, 0.2) is 18.3 Å². The van der Waals surface area contributed by atoms with Gasteiger partial charge in [0.05, 0.1) is 11.5 Å². The van der Waals surface area contributed by atoms with E-state index in [0.29, 0.717) is 43.6 Å². The van der Waals surface area contributed by atoms with Gasteiger partial charge in [-0.15, -0.1) is 0 Å². The standard InChI is InChI=1S/C16H22N4O2/c1-2-18-16(21)14(12-5-8-22-9-6-12)11-20-15-13(10-17)4-3-7-19-15/h3-4,7,12,14H,2,5-6,8-9,11H2,1H3,(H,18,21)(H,19,20). The Morgan fingerprint density at radius 2 is 2.32 bits per heavy atom. The molecule has 0 aromatic carbocycles. The summed E-state index contributed by atoms with van der Waals surface area (Å²) >= 11 is 0. The van der Waals surface area contributed by atoms with Gasteiger partial charge in [0, 0.05) is 32.5 Å². The molecule has 6 nitrogen and oxygen atoms in total. The highest BCUT2D eigenvalue weighted by atomic mass is 16.5. The number of nitriles is 1. The lowest BCUT2D eigenvalue weighted by Gasteiger charge is -2.29. The van der Waals surface area contributed by atoms with Crippen LogP contribution in [0.2, 0.25) is 0 Å². The Hall–Kier alpha value is -2.13. The average Bonchev–Trinajstić information content (AvgIpc) is 2.56. The number of amides is 1. The van der Waals surface area contributed by atoms with E-state index in [4.69, 9.17) is 10.00 Å². The molecule has 0 bridgehead atoms. The number of nitrogens with one attached hydrogen (secondary N) is 2. The van der Waals surface area contributed by atoms with Crippen LogP contribution < -0.4 is 10.6 Å². The Morgan fingerprint density at radius 3 is 3.00 bits per heavy atom. The van der Waals surface area contributed by atoms with Crippen molar-refractivity contribution in [3.05, 3.63) is 23.9 Å². The third-order valence-electron chi connectivity index (χ3n) is 3.94. The Morgan fingerprint density at radius 1 is 1.55 bits per heavy atom. The van der Waals surface area contributed by atoms with Crippen molar-refractivity contribution in [2.24, 2.45) is 11.8 Å². The van der Waals surface area contributed by atoms with Gasteiger partial charge in [-0.25, -0.2) is 4.98 Å². The third-order valence-corrected chi connectivity index (χ3v) is 3.94. The minimum atomic E-state index is -0.141. The maximum Gasteiger partial charge on any atom is 0.225 e. The number of carbonyl (C=O) groups excluding carboxylic acids is 1. The summed E-state index contributed by atoms with van der Waals surface area (Å²) < 4.78 is 5.38. The zero-order chi connectivity index (χ0) is 15.8. The van der Waals surface area contributed by atoms with Crippen LogP contribution in [0.5, 0.6) is 0 Å². The molecule has 1 amide bonds. The van der Waals surface area contributed by atoms with Crippen LogP contribution in [0, 0.1) is 23.2 Å². The number of anilines is 1. The molecule has 118 valence electrons. The third kappa shape index (κ3) is 4.18. The molecule has 1 fully saturated rings. The highest BCUT2D eigenvalue weighted by Gasteiger charge is 2.29. The molecule has 22 heavy (non-hydrogen) atoms. The van der Waals surface area contributed by atoms with Crippen LogP contribution in [-0.4, -0.2) is 37.2 Å². The molecule has 0 saturated carbocycles. The summed E-state index contributed by atoms with van der Waals surface area (Å²) in [5, 5.41) is 15.2. The number of ether oxygens (including phenoxy) is 1. The van der Waals surface area contributed by atoms with Crippen molar-refractivity contribution in [2.75, 3.05) is 31.6 Å². The van der Waals surface area contributed by atoms with Crippen molar-refractivity contribution in [3.8, 4) is 6.07 Å². The Kier molecular flexibility index (Phi) is 6.16. The predicted octanol–water partition coefficient (Wildman–Crippen LogP) is 1.54. The molecular formula is C16H22N4O2. The first kappa shape index (κ1) is 16.2. The molecule has 2 N–H and O–H groups in total. The Balaban J connectivity index is 2.05. The van der Waals surface area contributed by atoms with Gasteiger partial charge < -0.3 is 15.4 Å². The van der Waals surface area contributed by atoms with Gasteiger partial charge in [-0.3, -0.25) is 4.79 Å². The van der Waals surface area contributed by atoms with Crippen molar-refractivity contribution in [1.29, 1.82) is 5.26 Å². The van der Waals surface area contributed by atoms with E-state index in [1.165, 1.54) is 0 Å². The molecular weight excluding hydrogens is 280 g/mol. The molecule has 0 radical (unpaired) electrons. The molecule has 0 spiro atoms. The van der Waals surface area contributed by atoms with Gasteiger partial charge in [-0.05, 0) is 37.8 Å². The zero-order valence-electron chi connectivity index (χ0n) is 12.8. The summed E-state index contributed by atoms with van der Waals surface area (Å²) in [6.07, 6.45) is 3.41. The minimum absolute atomic E-state index is 0.0522. The maximum absolute atomic E-state index is 12.3. The molecule has 1 aliphatic rings. The van der Waals surface area contributed by atoms with E-state index in [-0.39, 0.29) is 11.8 Å². The number of rotatable bonds is 6. The first-order valence-electron chi connectivity index (χ1n) is 7.70. The number of hydrogen-bond donors (Lipinski definition) is 2. The van der Waals surface area contributed by atoms with Crippen molar-refractivity contribution in [1.82, 2.24) is 10.3 Å². The van der Waals surface area contributed by atoms with Crippen LogP contribution in [0.3, 0.4) is 0 Å². The van der Waals surface area contributed by atoms with Crippen molar-refractivity contribution >= 4 is 11.7 Å². The predicted molar refractivity (Wildman–Crippen MR) is 83.2 cm³/mol. The second kappa shape index (κ2) is 8.35. The van der Waals surface area contributed by atoms with Gasteiger partial charge in [0.25, 0.3) is 0 Å². The molecule has 2 rings (SSSR count). The Bertz CT molecular complexity index is 535. The van der Waals surface area contributed by atoms with Crippen LogP contribution in [0.4, 0.5) is 5.82 Å². The van der Waals surface area contributed by atoms with Crippen LogP contribution in [-0.2, 0) is 9.53 Å². The summed E-state index contributed by atoms with van der Waals surface area (Å²) in [5.41, 5.74) is 0.490. The van der Waals surface area contributed by atoms with Gasteiger partial charge in [0.1, 0.15) is 11.9 Å². The molecule has 1 aliphatic heterocycles. The number of nitrogens with zero attached hydrogens (tertiary/aromatic N) is 2. The van der Waals surface area contributed by atoms with Crippen molar-refractivity contribution < 1.29 is 9.53 Å². The minimum Gasteiger partial charge on any atom is -0.381 e. The molecule has 0 aliphatic carbocycles. The molecule has 1 unspecified atom stereocenters. The second-order valence-corrected chi connectivity index (χ2v) is 5.34. The molecule has 2 heterocycles. The summed E-state index contributed by atoms with van der Waals surface area (Å²) in [4.78, 5) is 16.5. The second-order valence-electron chi connectivity index (χ2n) is 5.34. The fraction of sp³-hybridized carbons (Fsp3) is 0.562. The fourth-order valence-corrected chi connectivity index (χ4v) is 2.74. The van der Waals surface area contributed by atoms with E-state index >= 15 is 0 Å². The van der Waals surface area contributed by atoms with Gasteiger partial charge in [-0.1, -0.05) is 0 Å². The molecule has 1 saturated heterocycles. The maximum atomic E-state index is 12.3. The lowest BCUT2D eigenvalue weighted by Crippen LogP contribution is -2.41. The smallest absolute Gasteiger partial charge is 0.225 e. The SMILES string of the molecule is CCNC(=O)C(CNc1ncccc1C#N)C1CCOCC1. The van der Waals surface area contributed by atoms with Crippen LogP contribution in [0.1, 0.15) is 25.3 Å². The highest BCUT2D eigenvalue weighted by Crippen LogP contribution is 2.25. The van der Waals surface area contributed by atoms with Crippen LogP contribution in [0.25, 0.3) is 0 Å². The van der Waals surface area contributed by atoms with Crippen molar-refractivity contribution in [2.45, 2.75) is 19.8 Å². The lowest BCUT2D eigenvalue weighted by atomic mass is 9.85. The molecule has 1 aromatic rings. The van der Waals surface area contributed by atoms with E-state index < -0.39 is 0 Å². The van der Waals surface area contributed by atoms with E-state index in [1.54, 1.807) is 18.3 Å². The summed E-state index contributed by atoms with van der Waals surface area (Å²) in [6, 6.07) is 5.55.